The molecule has 0 aliphatic heterocycles. The molecule has 0 aliphatic carbocycles. The number of ether oxygens (including phenoxy) is 1. The SMILES string of the molecule is CC(C)CCOCCN[C@H](C)c1ccccc1. The van der Waals surface area contributed by atoms with Crippen LogP contribution in [-0.4, -0.2) is 19.8 Å². The van der Waals surface area contributed by atoms with Gasteiger partial charge in [0.15, 0.2) is 0 Å². The number of rotatable bonds is 8. The minimum Gasteiger partial charge on any atom is -0.380 e. The van der Waals surface area contributed by atoms with E-state index in [9.17, 15) is 0 Å². The average Bonchev–Trinajstić information content (AvgIpc) is 2.34. The number of benzene rings is 1. The zero-order chi connectivity index (χ0) is 12.5. The third-order valence-electron chi connectivity index (χ3n) is 2.84. The van der Waals surface area contributed by atoms with Crippen molar-refractivity contribution in [1.82, 2.24) is 5.32 Å². The molecule has 1 N–H and O–H groups in total. The van der Waals surface area contributed by atoms with Gasteiger partial charge < -0.3 is 10.1 Å². The number of hydrogen-bond donors (Lipinski definition) is 1. The van der Waals surface area contributed by atoms with Gasteiger partial charge in [0.2, 0.25) is 0 Å². The van der Waals surface area contributed by atoms with Gasteiger partial charge in [-0.15, -0.1) is 0 Å². The minimum absolute atomic E-state index is 0.393. The molecule has 0 aromatic heterocycles. The van der Waals surface area contributed by atoms with E-state index < -0.39 is 0 Å². The molecule has 0 aliphatic rings. The van der Waals surface area contributed by atoms with Crippen molar-refractivity contribution in [2.45, 2.75) is 33.2 Å². The van der Waals surface area contributed by atoms with Crippen LogP contribution in [0.3, 0.4) is 0 Å². The van der Waals surface area contributed by atoms with E-state index in [4.69, 9.17) is 4.74 Å². The van der Waals surface area contributed by atoms with Crippen LogP contribution in [0.15, 0.2) is 30.3 Å². The van der Waals surface area contributed by atoms with Crippen LogP contribution in [0.4, 0.5) is 0 Å². The topological polar surface area (TPSA) is 21.3 Å². The summed E-state index contributed by atoms with van der Waals surface area (Å²) in [6, 6.07) is 10.9. The summed E-state index contributed by atoms with van der Waals surface area (Å²) in [6.45, 7) is 9.21. The van der Waals surface area contributed by atoms with E-state index in [1.54, 1.807) is 0 Å². The van der Waals surface area contributed by atoms with Gasteiger partial charge in [-0.3, -0.25) is 0 Å². The first-order valence-electron chi connectivity index (χ1n) is 6.56. The molecule has 0 saturated carbocycles. The Labute approximate surface area is 105 Å². The van der Waals surface area contributed by atoms with Crippen LogP contribution in [0.5, 0.6) is 0 Å². The van der Waals surface area contributed by atoms with E-state index in [0.717, 1.165) is 32.1 Å². The molecular formula is C15H25NO. The van der Waals surface area contributed by atoms with Crippen molar-refractivity contribution in [2.75, 3.05) is 19.8 Å². The first kappa shape index (κ1) is 14.2. The lowest BCUT2D eigenvalue weighted by atomic mass is 10.1. The normalized spacial score (nSPS) is 12.9. The molecule has 0 unspecified atom stereocenters. The Kier molecular flexibility index (Phi) is 6.90. The predicted molar refractivity (Wildman–Crippen MR) is 73.1 cm³/mol. The molecule has 1 aromatic rings. The second-order valence-corrected chi connectivity index (χ2v) is 4.88. The summed E-state index contributed by atoms with van der Waals surface area (Å²) >= 11 is 0. The highest BCUT2D eigenvalue weighted by Gasteiger charge is 2.02. The molecule has 17 heavy (non-hydrogen) atoms. The lowest BCUT2D eigenvalue weighted by Gasteiger charge is -2.14. The number of hydrogen-bond acceptors (Lipinski definition) is 2. The quantitative estimate of drug-likeness (QED) is 0.697. The molecule has 0 fully saturated rings. The Bertz CT molecular complexity index is 284. The van der Waals surface area contributed by atoms with Gasteiger partial charge in [0.25, 0.3) is 0 Å². The van der Waals surface area contributed by atoms with Crippen LogP contribution in [-0.2, 0) is 4.74 Å². The van der Waals surface area contributed by atoms with Crippen molar-refractivity contribution in [3.8, 4) is 0 Å². The van der Waals surface area contributed by atoms with Gasteiger partial charge in [-0.25, -0.2) is 0 Å². The molecule has 2 heteroatoms. The molecule has 96 valence electrons. The predicted octanol–water partition coefficient (Wildman–Crippen LogP) is 3.40. The highest BCUT2D eigenvalue weighted by Crippen LogP contribution is 2.10. The summed E-state index contributed by atoms with van der Waals surface area (Å²) in [5.41, 5.74) is 1.33. The summed E-state index contributed by atoms with van der Waals surface area (Å²) in [6.07, 6.45) is 1.15. The average molecular weight is 235 g/mol. The van der Waals surface area contributed by atoms with Gasteiger partial charge >= 0.3 is 0 Å². The lowest BCUT2D eigenvalue weighted by molar-refractivity contribution is 0.123. The lowest BCUT2D eigenvalue weighted by Crippen LogP contribution is -2.23. The standard InChI is InChI=1S/C15H25NO/c1-13(2)9-11-17-12-10-16-14(3)15-7-5-4-6-8-15/h4-8,13-14,16H,9-12H2,1-3H3/t14-/m1/s1. The highest BCUT2D eigenvalue weighted by molar-refractivity contribution is 5.17. The van der Waals surface area contributed by atoms with Gasteiger partial charge in [-0.2, -0.15) is 0 Å². The first-order chi connectivity index (χ1) is 8.20. The van der Waals surface area contributed by atoms with Crippen LogP contribution in [0.1, 0.15) is 38.8 Å². The largest absolute Gasteiger partial charge is 0.380 e. The third-order valence-corrected chi connectivity index (χ3v) is 2.84. The molecule has 0 spiro atoms. The molecule has 0 radical (unpaired) electrons. The Morgan fingerprint density at radius 2 is 1.76 bits per heavy atom. The van der Waals surface area contributed by atoms with Crippen LogP contribution < -0.4 is 5.32 Å². The highest BCUT2D eigenvalue weighted by atomic mass is 16.5. The summed E-state index contributed by atoms with van der Waals surface area (Å²) in [7, 11) is 0. The zero-order valence-electron chi connectivity index (χ0n) is 11.3. The molecule has 1 aromatic carbocycles. The van der Waals surface area contributed by atoms with Gasteiger partial charge in [-0.1, -0.05) is 44.2 Å². The van der Waals surface area contributed by atoms with Crippen LogP contribution in [0, 0.1) is 5.92 Å². The van der Waals surface area contributed by atoms with Crippen LogP contribution in [0.25, 0.3) is 0 Å². The van der Waals surface area contributed by atoms with Crippen molar-refractivity contribution in [3.05, 3.63) is 35.9 Å². The first-order valence-corrected chi connectivity index (χ1v) is 6.56. The maximum atomic E-state index is 5.57. The van der Waals surface area contributed by atoms with E-state index in [0.29, 0.717) is 6.04 Å². The maximum Gasteiger partial charge on any atom is 0.0591 e. The van der Waals surface area contributed by atoms with Gasteiger partial charge in [-0.05, 0) is 24.8 Å². The Hall–Kier alpha value is -0.860. The molecular weight excluding hydrogens is 210 g/mol. The molecule has 0 heterocycles. The van der Waals surface area contributed by atoms with Crippen LogP contribution >= 0.6 is 0 Å². The Balaban J connectivity index is 2.07. The van der Waals surface area contributed by atoms with E-state index in [-0.39, 0.29) is 0 Å². The summed E-state index contributed by atoms with van der Waals surface area (Å²) < 4.78 is 5.57. The fourth-order valence-electron chi connectivity index (χ4n) is 1.63. The Morgan fingerprint density at radius 3 is 2.41 bits per heavy atom. The van der Waals surface area contributed by atoms with Gasteiger partial charge in [0.05, 0.1) is 6.61 Å². The van der Waals surface area contributed by atoms with Crippen molar-refractivity contribution >= 4 is 0 Å². The molecule has 0 amide bonds. The molecule has 2 nitrogen and oxygen atoms in total. The van der Waals surface area contributed by atoms with E-state index >= 15 is 0 Å². The third kappa shape index (κ3) is 6.44. The second kappa shape index (κ2) is 8.26. The van der Waals surface area contributed by atoms with Gasteiger partial charge in [0.1, 0.15) is 0 Å². The molecule has 1 atom stereocenters. The molecule has 1 rings (SSSR count). The van der Waals surface area contributed by atoms with Crippen molar-refractivity contribution in [2.24, 2.45) is 5.92 Å². The minimum atomic E-state index is 0.393. The van der Waals surface area contributed by atoms with E-state index in [1.165, 1.54) is 5.56 Å². The maximum absolute atomic E-state index is 5.57. The van der Waals surface area contributed by atoms with Crippen molar-refractivity contribution in [3.63, 3.8) is 0 Å². The van der Waals surface area contributed by atoms with Gasteiger partial charge in [0, 0.05) is 19.2 Å². The summed E-state index contributed by atoms with van der Waals surface area (Å²) in [5, 5.41) is 3.46. The monoisotopic (exact) mass is 235 g/mol. The summed E-state index contributed by atoms with van der Waals surface area (Å²) in [5.74, 6) is 0.728. The number of nitrogens with one attached hydrogen (secondary N) is 1. The molecule has 0 bridgehead atoms. The van der Waals surface area contributed by atoms with E-state index in [2.05, 4.69) is 50.4 Å². The Morgan fingerprint density at radius 1 is 1.06 bits per heavy atom. The fraction of sp³-hybridized carbons (Fsp3) is 0.600. The van der Waals surface area contributed by atoms with Crippen LogP contribution in [0.2, 0.25) is 0 Å². The summed E-state index contributed by atoms with van der Waals surface area (Å²) in [4.78, 5) is 0. The molecule has 0 saturated heterocycles. The van der Waals surface area contributed by atoms with E-state index in [1.807, 2.05) is 6.07 Å². The second-order valence-electron chi connectivity index (χ2n) is 4.88. The smallest absolute Gasteiger partial charge is 0.0591 e. The zero-order valence-corrected chi connectivity index (χ0v) is 11.3. The van der Waals surface area contributed by atoms with Crippen molar-refractivity contribution in [1.29, 1.82) is 0 Å². The fourth-order valence-corrected chi connectivity index (χ4v) is 1.63. The van der Waals surface area contributed by atoms with Crippen molar-refractivity contribution < 1.29 is 4.74 Å².